The summed E-state index contributed by atoms with van der Waals surface area (Å²) in [6, 6.07) is 107. The van der Waals surface area contributed by atoms with Gasteiger partial charge in [-0.3, -0.25) is 0 Å². The van der Waals surface area contributed by atoms with Crippen LogP contribution in [0, 0.1) is 6.92 Å². The molecule has 6 aromatic heterocycles. The van der Waals surface area contributed by atoms with E-state index < -0.39 is 8.07 Å². The summed E-state index contributed by atoms with van der Waals surface area (Å²) < 4.78 is 19.7. The van der Waals surface area contributed by atoms with Crippen LogP contribution >= 0.6 is 0 Å². The Kier molecular flexibility index (Phi) is 11.3. The second-order valence-electron chi connectivity index (χ2n) is 26.7. The van der Waals surface area contributed by atoms with Crippen molar-refractivity contribution in [3.63, 3.8) is 0 Å². The van der Waals surface area contributed by atoms with Crippen molar-refractivity contribution in [2.45, 2.75) is 26.6 Å². The molecular weight excluding hydrogens is 1170 g/mol. The largest absolute Gasteiger partial charge is 0.454 e. The highest BCUT2D eigenvalue weighted by Gasteiger charge is 2.33. The number of fused-ring (bicyclic) bond motifs is 18. The van der Waals surface area contributed by atoms with Gasteiger partial charge in [0.25, 0.3) is 0 Å². The Morgan fingerprint density at radius 1 is 0.295 bits per heavy atom. The lowest BCUT2D eigenvalue weighted by molar-refractivity contribution is 0.670. The molecule has 0 saturated carbocycles. The number of aromatic nitrogens is 2. The molecule has 14 aromatic carbocycles. The molecule has 20 aromatic rings. The summed E-state index contributed by atoms with van der Waals surface area (Å²) in [6.45, 7) is 9.34. The lowest BCUT2D eigenvalue weighted by Gasteiger charge is -2.25. The van der Waals surface area contributed by atoms with Crippen molar-refractivity contribution in [3.05, 3.63) is 297 Å². The van der Waals surface area contributed by atoms with Crippen LogP contribution in [-0.4, -0.2) is 16.9 Å². The Morgan fingerprint density at radius 3 is 1.18 bits per heavy atom. The van der Waals surface area contributed by atoms with Gasteiger partial charge in [-0.05, 0) is 89.5 Å². The molecule has 448 valence electrons. The average Bonchev–Trinajstić information content (AvgIpc) is 1.50. The molecule has 0 atom stereocenters. The van der Waals surface area contributed by atoms with Gasteiger partial charge in [-0.2, -0.15) is 0 Å². The molecule has 20 rings (SSSR count). The number of hydrogen-bond acceptors (Lipinski definition) is 4. The van der Waals surface area contributed by atoms with Gasteiger partial charge in [0.1, 0.15) is 11.2 Å². The first-order valence-electron chi connectivity index (χ1n) is 32.9. The normalized spacial score (nSPS) is 12.4. The fraction of sp³-hybridized carbons (Fsp3) is 0.0455. The van der Waals surface area contributed by atoms with Crippen molar-refractivity contribution in [2.75, 3.05) is 9.80 Å². The smallest absolute Gasteiger partial charge is 0.159 e. The van der Waals surface area contributed by atoms with Crippen LogP contribution in [0.15, 0.2) is 300 Å². The molecule has 0 aliphatic carbocycles. The topological polar surface area (TPSA) is 41.6 Å². The summed E-state index contributed by atoms with van der Waals surface area (Å²) in [7, 11) is -1.79. The zero-order valence-electron chi connectivity index (χ0n) is 52.8. The highest BCUT2D eigenvalue weighted by molar-refractivity contribution is 6.90. The number of hydrogen-bond donors (Lipinski definition) is 0. The third kappa shape index (κ3) is 7.67. The van der Waals surface area contributed by atoms with Crippen molar-refractivity contribution in [3.8, 4) is 33.4 Å². The van der Waals surface area contributed by atoms with E-state index >= 15 is 0 Å². The Labute approximate surface area is 548 Å². The zero-order valence-corrected chi connectivity index (χ0v) is 53.8. The van der Waals surface area contributed by atoms with Crippen LogP contribution in [0.25, 0.3) is 153 Å². The molecule has 0 bridgehead atoms. The minimum Gasteiger partial charge on any atom is -0.454 e. The van der Waals surface area contributed by atoms with Crippen LogP contribution in [0.5, 0.6) is 0 Å². The number of anilines is 6. The van der Waals surface area contributed by atoms with Crippen molar-refractivity contribution in [2.24, 2.45) is 0 Å². The number of aryl methyl sites for hydroxylation is 1. The third-order valence-electron chi connectivity index (χ3n) is 20.3. The maximum Gasteiger partial charge on any atom is 0.159 e. The highest BCUT2D eigenvalue weighted by Crippen LogP contribution is 2.56. The summed E-state index contributed by atoms with van der Waals surface area (Å²) in [5.74, 6) is 0. The minimum absolute atomic E-state index is 0.836. The minimum atomic E-state index is -1.79. The number of para-hydroxylation sites is 8. The van der Waals surface area contributed by atoms with E-state index in [0.29, 0.717) is 0 Å². The first kappa shape index (κ1) is 53.7. The van der Waals surface area contributed by atoms with Gasteiger partial charge in [0.05, 0.1) is 52.5 Å². The van der Waals surface area contributed by atoms with Gasteiger partial charge in [0.15, 0.2) is 11.2 Å². The average molecular weight is 1230 g/mol. The van der Waals surface area contributed by atoms with Crippen LogP contribution in [-0.2, 0) is 0 Å². The number of furan rings is 2. The lowest BCUT2D eigenvalue weighted by Crippen LogP contribution is -2.37. The molecule has 0 unspecified atom stereocenters. The second kappa shape index (κ2) is 20.1. The molecule has 95 heavy (non-hydrogen) atoms. The maximum absolute atomic E-state index is 7.23. The zero-order chi connectivity index (χ0) is 62.9. The van der Waals surface area contributed by atoms with Crippen molar-refractivity contribution in [1.82, 2.24) is 8.80 Å². The van der Waals surface area contributed by atoms with Crippen LogP contribution in [0.3, 0.4) is 0 Å². The summed E-state index contributed by atoms with van der Waals surface area (Å²) in [4.78, 5) is 4.79. The third-order valence-corrected chi connectivity index (χ3v) is 22.3. The Morgan fingerprint density at radius 2 is 0.695 bits per heavy atom. The Balaban J connectivity index is 0.889. The highest BCUT2D eigenvalue weighted by atomic mass is 28.3. The molecule has 6 nitrogen and oxygen atoms in total. The first-order valence-corrected chi connectivity index (χ1v) is 36.4. The molecule has 6 heterocycles. The standard InChI is InChI=1S/C88H60N4O2Si/c1-53-43-45-54(46-44-53)61-31-17-34-66-67-35-20-40-72(86(67)93-85(61)66)89(57-27-13-7-14-28-57)59-47-49-62-64-32-18-38-70-79-78(56-25-11-6-12-26-56)84-80(77(55-23-9-5-10-24-55)83(79)91(81(64)70)74(62)51-59)71-39-19-33-65-63-50-48-60(52-75(63)92(84)82(65)71)90(58-29-15-8-16-30-58)73-41-21-36-68-69-37-22-42-76(95(2,3)4)88(69)94-87(68)73/h5-52H,1-4H3. The number of rotatable bonds is 10. The van der Waals surface area contributed by atoms with E-state index in [4.69, 9.17) is 8.83 Å². The predicted octanol–water partition coefficient (Wildman–Crippen LogP) is 24.6. The first-order chi connectivity index (χ1) is 46.7. The monoisotopic (exact) mass is 1230 g/mol. The van der Waals surface area contributed by atoms with Crippen LogP contribution in [0.2, 0.25) is 19.6 Å². The Bertz CT molecular complexity index is 6500. The van der Waals surface area contributed by atoms with Crippen molar-refractivity contribution < 1.29 is 8.83 Å². The van der Waals surface area contributed by atoms with E-state index in [1.165, 1.54) is 87.0 Å². The van der Waals surface area contributed by atoms with Gasteiger partial charge >= 0.3 is 0 Å². The van der Waals surface area contributed by atoms with E-state index in [0.717, 1.165) is 111 Å². The lowest BCUT2D eigenvalue weighted by atomic mass is 9.89. The molecule has 7 heteroatoms. The molecule has 0 N–H and O–H groups in total. The molecule has 0 aliphatic heterocycles. The summed E-state index contributed by atoms with van der Waals surface area (Å²) in [5.41, 5.74) is 24.9. The van der Waals surface area contributed by atoms with Crippen molar-refractivity contribution in [1.29, 1.82) is 0 Å². The Hall–Kier alpha value is -11.9. The quantitative estimate of drug-likeness (QED) is 0.128. The van der Waals surface area contributed by atoms with Crippen LogP contribution < -0.4 is 15.0 Å². The van der Waals surface area contributed by atoms with E-state index in [1.54, 1.807) is 0 Å². The molecule has 0 spiro atoms. The van der Waals surface area contributed by atoms with Gasteiger partial charge < -0.3 is 27.4 Å². The summed E-state index contributed by atoms with van der Waals surface area (Å²) in [5, 5.41) is 15.4. The van der Waals surface area contributed by atoms with E-state index in [2.05, 4.69) is 336 Å². The summed E-state index contributed by atoms with van der Waals surface area (Å²) in [6.07, 6.45) is 0. The molecular formula is C88H60N4O2Si. The van der Waals surface area contributed by atoms with E-state index in [-0.39, 0.29) is 0 Å². The molecule has 0 fully saturated rings. The molecule has 0 radical (unpaired) electrons. The van der Waals surface area contributed by atoms with Gasteiger partial charge in [-0.15, -0.1) is 0 Å². The molecule has 0 amide bonds. The van der Waals surface area contributed by atoms with E-state index in [9.17, 15) is 0 Å². The fourth-order valence-electron chi connectivity index (χ4n) is 16.2. The maximum atomic E-state index is 7.23. The number of benzene rings is 14. The SMILES string of the molecule is Cc1ccc(-c2cccc3c2oc2c(N(c4ccccc4)c4ccc5c6cccc7c8c(-c9ccccc9)c9c(c(-c%10ccccc%10)c8n(c5c4)c67)c4cccc5c6ccc(N(c7ccccc7)c7cccc8c7oc7c([Si](C)(C)C)cccc78)cc6n9c54)cccc23)cc1. The second-order valence-corrected chi connectivity index (χ2v) is 31.8. The van der Waals surface area contributed by atoms with Gasteiger partial charge in [0.2, 0.25) is 0 Å². The van der Waals surface area contributed by atoms with Crippen LogP contribution in [0.4, 0.5) is 34.1 Å². The van der Waals surface area contributed by atoms with Gasteiger partial charge in [-0.1, -0.05) is 256 Å². The van der Waals surface area contributed by atoms with Crippen molar-refractivity contribution >= 4 is 167 Å². The summed E-state index contributed by atoms with van der Waals surface area (Å²) >= 11 is 0. The van der Waals surface area contributed by atoms with E-state index in [1.807, 2.05) is 0 Å². The van der Waals surface area contributed by atoms with Gasteiger partial charge in [-0.25, -0.2) is 0 Å². The molecule has 0 aliphatic rings. The van der Waals surface area contributed by atoms with Gasteiger partial charge in [0, 0.05) is 104 Å². The number of nitrogens with zero attached hydrogens (tertiary/aromatic N) is 4. The predicted molar refractivity (Wildman–Crippen MR) is 404 cm³/mol. The molecule has 0 saturated heterocycles. The van der Waals surface area contributed by atoms with Crippen LogP contribution in [0.1, 0.15) is 5.56 Å². The fourth-order valence-corrected chi connectivity index (χ4v) is 17.7.